The summed E-state index contributed by atoms with van der Waals surface area (Å²) in [6, 6.07) is 14.8. The molecule has 0 atom stereocenters. The van der Waals surface area contributed by atoms with Crippen LogP contribution in [0.5, 0.6) is 5.75 Å². The monoisotopic (exact) mass is 389 g/mol. The van der Waals surface area contributed by atoms with Crippen LogP contribution < -0.4 is 19.4 Å². The first kappa shape index (κ1) is 17.4. The molecule has 1 aromatic heterocycles. The van der Waals surface area contributed by atoms with E-state index in [2.05, 4.69) is 0 Å². The fourth-order valence-corrected chi connectivity index (χ4v) is 3.67. The molecule has 2 aliphatic rings. The number of para-hydroxylation sites is 4. The molecule has 0 N–H and O–H groups in total. The van der Waals surface area contributed by atoms with Gasteiger partial charge >= 0.3 is 0 Å². The van der Waals surface area contributed by atoms with Crippen LogP contribution in [-0.4, -0.2) is 55.1 Å². The molecule has 8 nitrogen and oxygen atoms in total. The van der Waals surface area contributed by atoms with E-state index in [0.717, 1.165) is 11.0 Å². The Morgan fingerprint density at radius 2 is 1.69 bits per heavy atom. The van der Waals surface area contributed by atoms with Gasteiger partial charge in [0.2, 0.25) is 5.91 Å². The van der Waals surface area contributed by atoms with Crippen molar-refractivity contribution in [3.8, 4) is 5.75 Å². The molecular formula is C21H19N5O3. The summed E-state index contributed by atoms with van der Waals surface area (Å²) in [5.41, 5.74) is 2.12. The van der Waals surface area contributed by atoms with Crippen molar-refractivity contribution in [3.63, 3.8) is 0 Å². The minimum atomic E-state index is -0.240. The fraction of sp³-hybridized carbons (Fsp3) is 0.238. The van der Waals surface area contributed by atoms with E-state index >= 15 is 0 Å². The molecule has 5 rings (SSSR count). The molecule has 0 unspecified atom stereocenters. The number of carbonyl (C=O) groups excluding carboxylic acids is 2. The Morgan fingerprint density at radius 1 is 1.00 bits per heavy atom. The number of fused-ring (bicyclic) bond motifs is 3. The second-order valence-corrected chi connectivity index (χ2v) is 7.06. The van der Waals surface area contributed by atoms with E-state index in [1.165, 1.54) is 4.90 Å². The van der Waals surface area contributed by atoms with Crippen molar-refractivity contribution in [2.75, 3.05) is 48.0 Å². The highest BCUT2D eigenvalue weighted by atomic mass is 16.5. The average Bonchev–Trinajstić information content (AvgIpc) is 2.75. The SMILES string of the molecule is CN1CCN(C(=O)CN2C(=O)COc3ccccc32)c2nc3ccccc3nc21. The first-order chi connectivity index (χ1) is 14.1. The van der Waals surface area contributed by atoms with Gasteiger partial charge in [-0.15, -0.1) is 0 Å². The van der Waals surface area contributed by atoms with Gasteiger partial charge in [-0.1, -0.05) is 24.3 Å². The van der Waals surface area contributed by atoms with Crippen LogP contribution in [0.15, 0.2) is 48.5 Å². The van der Waals surface area contributed by atoms with Crippen molar-refractivity contribution in [1.29, 1.82) is 0 Å². The van der Waals surface area contributed by atoms with E-state index < -0.39 is 0 Å². The smallest absolute Gasteiger partial charge is 0.265 e. The molecule has 3 heterocycles. The Morgan fingerprint density at radius 3 is 2.48 bits per heavy atom. The molecule has 0 aliphatic carbocycles. The average molecular weight is 389 g/mol. The summed E-state index contributed by atoms with van der Waals surface area (Å²) in [5.74, 6) is 1.35. The molecule has 0 bridgehead atoms. The second-order valence-electron chi connectivity index (χ2n) is 7.06. The maximum absolute atomic E-state index is 13.2. The van der Waals surface area contributed by atoms with Gasteiger partial charge < -0.3 is 9.64 Å². The lowest BCUT2D eigenvalue weighted by Crippen LogP contribution is -2.50. The molecule has 0 radical (unpaired) electrons. The molecule has 8 heteroatoms. The van der Waals surface area contributed by atoms with Crippen LogP contribution in [-0.2, 0) is 9.59 Å². The van der Waals surface area contributed by atoms with Crippen LogP contribution in [0, 0.1) is 0 Å². The van der Waals surface area contributed by atoms with Crippen LogP contribution in [0.3, 0.4) is 0 Å². The number of hydrogen-bond acceptors (Lipinski definition) is 6. The number of aromatic nitrogens is 2. The fourth-order valence-electron chi connectivity index (χ4n) is 3.67. The van der Waals surface area contributed by atoms with Gasteiger partial charge in [-0.2, -0.15) is 0 Å². The van der Waals surface area contributed by atoms with E-state index in [1.54, 1.807) is 17.0 Å². The molecule has 2 aromatic carbocycles. The molecular weight excluding hydrogens is 370 g/mol. The first-order valence-electron chi connectivity index (χ1n) is 9.42. The van der Waals surface area contributed by atoms with Crippen molar-refractivity contribution >= 4 is 40.2 Å². The number of likely N-dealkylation sites (N-methyl/N-ethyl adjacent to an activating group) is 1. The molecule has 2 aliphatic heterocycles. The summed E-state index contributed by atoms with van der Waals surface area (Å²) in [6.07, 6.45) is 0. The first-order valence-corrected chi connectivity index (χ1v) is 9.42. The van der Waals surface area contributed by atoms with E-state index in [0.29, 0.717) is 36.2 Å². The predicted molar refractivity (Wildman–Crippen MR) is 109 cm³/mol. The number of amides is 2. The van der Waals surface area contributed by atoms with Crippen LogP contribution in [0.4, 0.5) is 17.3 Å². The zero-order chi connectivity index (χ0) is 20.0. The van der Waals surface area contributed by atoms with Gasteiger partial charge in [-0.05, 0) is 24.3 Å². The normalized spacial score (nSPS) is 15.8. The number of benzene rings is 2. The number of carbonyl (C=O) groups is 2. The second kappa shape index (κ2) is 6.73. The summed E-state index contributed by atoms with van der Waals surface area (Å²) in [7, 11) is 1.94. The van der Waals surface area contributed by atoms with Gasteiger partial charge in [0.1, 0.15) is 12.3 Å². The Hall–Kier alpha value is -3.68. The lowest BCUT2D eigenvalue weighted by molar-refractivity contribution is -0.124. The van der Waals surface area contributed by atoms with Crippen LogP contribution in [0.1, 0.15) is 0 Å². The Kier molecular flexibility index (Phi) is 4.04. The third-order valence-corrected chi connectivity index (χ3v) is 5.21. The number of hydrogen-bond donors (Lipinski definition) is 0. The zero-order valence-corrected chi connectivity index (χ0v) is 15.9. The largest absolute Gasteiger partial charge is 0.482 e. The van der Waals surface area contributed by atoms with E-state index in [4.69, 9.17) is 14.7 Å². The summed E-state index contributed by atoms with van der Waals surface area (Å²) in [5, 5.41) is 0. The van der Waals surface area contributed by atoms with Crippen molar-refractivity contribution in [1.82, 2.24) is 9.97 Å². The Labute approximate surface area is 167 Å². The predicted octanol–water partition coefficient (Wildman–Crippen LogP) is 1.84. The minimum Gasteiger partial charge on any atom is -0.482 e. The third kappa shape index (κ3) is 2.93. The molecule has 3 aromatic rings. The molecule has 0 saturated heterocycles. The van der Waals surface area contributed by atoms with Crippen molar-refractivity contribution < 1.29 is 14.3 Å². The standard InChI is InChI=1S/C21H19N5O3/c1-24-10-11-25(21-20(24)22-14-6-2-3-7-15(14)23-21)18(27)12-26-16-8-4-5-9-17(16)29-13-19(26)28/h2-9H,10-13H2,1H3. The van der Waals surface area contributed by atoms with E-state index in [9.17, 15) is 9.59 Å². The number of ether oxygens (including phenoxy) is 1. The quantitative estimate of drug-likeness (QED) is 0.666. The van der Waals surface area contributed by atoms with Gasteiger partial charge in [0.15, 0.2) is 18.2 Å². The van der Waals surface area contributed by atoms with Gasteiger partial charge in [0.25, 0.3) is 5.91 Å². The van der Waals surface area contributed by atoms with E-state index in [-0.39, 0.29) is 25.0 Å². The highest BCUT2D eigenvalue weighted by molar-refractivity contribution is 6.06. The van der Waals surface area contributed by atoms with Gasteiger partial charge in [-0.3, -0.25) is 19.4 Å². The molecule has 0 saturated carbocycles. The van der Waals surface area contributed by atoms with Crippen molar-refractivity contribution in [3.05, 3.63) is 48.5 Å². The molecule has 0 spiro atoms. The zero-order valence-electron chi connectivity index (χ0n) is 15.9. The number of anilines is 3. The summed E-state index contributed by atoms with van der Waals surface area (Å²) in [6.45, 7) is 0.972. The maximum Gasteiger partial charge on any atom is 0.265 e. The lowest BCUT2D eigenvalue weighted by atomic mass is 10.2. The Balaban J connectivity index is 1.49. The van der Waals surface area contributed by atoms with Crippen molar-refractivity contribution in [2.45, 2.75) is 0 Å². The highest BCUT2D eigenvalue weighted by Gasteiger charge is 2.33. The van der Waals surface area contributed by atoms with Gasteiger partial charge in [-0.25, -0.2) is 9.97 Å². The van der Waals surface area contributed by atoms with Crippen molar-refractivity contribution in [2.24, 2.45) is 0 Å². The molecule has 146 valence electrons. The molecule has 0 fully saturated rings. The number of rotatable bonds is 2. The summed E-state index contributed by atoms with van der Waals surface area (Å²) >= 11 is 0. The molecule has 2 amide bonds. The summed E-state index contributed by atoms with van der Waals surface area (Å²) < 4.78 is 5.47. The minimum absolute atomic E-state index is 0.0726. The highest BCUT2D eigenvalue weighted by Crippen LogP contribution is 2.33. The van der Waals surface area contributed by atoms with Gasteiger partial charge in [0.05, 0.1) is 16.7 Å². The maximum atomic E-state index is 13.2. The van der Waals surface area contributed by atoms with Crippen LogP contribution in [0.2, 0.25) is 0 Å². The molecule has 29 heavy (non-hydrogen) atoms. The summed E-state index contributed by atoms with van der Waals surface area (Å²) in [4.78, 5) is 40.2. The van der Waals surface area contributed by atoms with E-state index in [1.807, 2.05) is 48.3 Å². The topological polar surface area (TPSA) is 78.9 Å². The van der Waals surface area contributed by atoms with Crippen LogP contribution >= 0.6 is 0 Å². The Bertz CT molecular complexity index is 1130. The number of nitrogens with zero attached hydrogens (tertiary/aromatic N) is 5. The lowest BCUT2D eigenvalue weighted by Gasteiger charge is -2.35. The van der Waals surface area contributed by atoms with Gasteiger partial charge in [0, 0.05) is 20.1 Å². The van der Waals surface area contributed by atoms with Crippen LogP contribution in [0.25, 0.3) is 11.0 Å². The third-order valence-electron chi connectivity index (χ3n) is 5.21.